The molecule has 1 unspecified atom stereocenters. The molecule has 1 atom stereocenters. The summed E-state index contributed by atoms with van der Waals surface area (Å²) in [6, 6.07) is 9.50. The van der Waals surface area contributed by atoms with E-state index in [1.807, 2.05) is 0 Å². The Bertz CT molecular complexity index is 413. The zero-order chi connectivity index (χ0) is 13.6. The van der Waals surface area contributed by atoms with E-state index in [0.717, 1.165) is 19.8 Å². The predicted molar refractivity (Wildman–Crippen MR) is 83.4 cm³/mol. The Morgan fingerprint density at radius 3 is 3.15 bits per heavy atom. The van der Waals surface area contributed by atoms with Gasteiger partial charge in [-0.2, -0.15) is 0 Å². The van der Waals surface area contributed by atoms with Gasteiger partial charge in [0.25, 0.3) is 0 Å². The highest BCUT2D eigenvalue weighted by Crippen LogP contribution is 2.27. The fourth-order valence-electron chi connectivity index (χ4n) is 3.32. The molecule has 0 spiro atoms. The number of anilines is 1. The van der Waals surface area contributed by atoms with Gasteiger partial charge >= 0.3 is 0 Å². The molecule has 0 bridgehead atoms. The van der Waals surface area contributed by atoms with E-state index in [-0.39, 0.29) is 0 Å². The number of fused-ring (bicyclic) bond motifs is 1. The fraction of sp³-hybridized carbons (Fsp3) is 0.647. The Morgan fingerprint density at radius 2 is 2.15 bits per heavy atom. The molecule has 0 amide bonds. The number of nitrogens with zero attached hydrogens (tertiary/aromatic N) is 1. The van der Waals surface area contributed by atoms with E-state index >= 15 is 0 Å². The molecule has 2 aliphatic rings. The van der Waals surface area contributed by atoms with Gasteiger partial charge in [-0.05, 0) is 50.3 Å². The van der Waals surface area contributed by atoms with E-state index in [2.05, 4.69) is 34.5 Å². The molecule has 3 heteroatoms. The van der Waals surface area contributed by atoms with Gasteiger partial charge in [0, 0.05) is 38.0 Å². The molecule has 1 fully saturated rings. The lowest BCUT2D eigenvalue weighted by Gasteiger charge is -2.21. The van der Waals surface area contributed by atoms with Crippen molar-refractivity contribution < 1.29 is 4.74 Å². The molecule has 0 aliphatic carbocycles. The highest BCUT2D eigenvalue weighted by atomic mass is 16.5. The standard InChI is InChI=1S/C17H26N2O/c1-2-7-17-15(5-1)8-12-19(17)11-4-10-18-16-6-3-13-20-14-9-16/h1-2,5,7,16,18H,3-4,6,8-14H2. The van der Waals surface area contributed by atoms with Gasteiger partial charge in [0.2, 0.25) is 0 Å². The molecule has 1 saturated heterocycles. The van der Waals surface area contributed by atoms with Crippen molar-refractivity contribution in [2.24, 2.45) is 0 Å². The molecule has 0 aromatic heterocycles. The minimum atomic E-state index is 0.670. The van der Waals surface area contributed by atoms with E-state index in [4.69, 9.17) is 4.74 Å². The second-order valence-corrected chi connectivity index (χ2v) is 5.91. The molecule has 3 rings (SSSR count). The number of para-hydroxylation sites is 1. The maximum atomic E-state index is 5.50. The average Bonchev–Trinajstić information content (AvgIpc) is 2.71. The first-order chi connectivity index (χ1) is 9.93. The summed E-state index contributed by atoms with van der Waals surface area (Å²) in [5.74, 6) is 0. The molecule has 110 valence electrons. The number of ether oxygens (including phenoxy) is 1. The number of nitrogens with one attached hydrogen (secondary N) is 1. The van der Waals surface area contributed by atoms with E-state index in [0.29, 0.717) is 6.04 Å². The van der Waals surface area contributed by atoms with Crippen LogP contribution in [-0.2, 0) is 11.2 Å². The molecule has 3 nitrogen and oxygen atoms in total. The van der Waals surface area contributed by atoms with Gasteiger partial charge in [-0.3, -0.25) is 0 Å². The van der Waals surface area contributed by atoms with Gasteiger partial charge in [-0.15, -0.1) is 0 Å². The van der Waals surface area contributed by atoms with E-state index < -0.39 is 0 Å². The second-order valence-electron chi connectivity index (χ2n) is 5.91. The van der Waals surface area contributed by atoms with Gasteiger partial charge in [0.15, 0.2) is 0 Å². The van der Waals surface area contributed by atoms with Crippen LogP contribution < -0.4 is 10.2 Å². The molecule has 1 N–H and O–H groups in total. The summed E-state index contributed by atoms with van der Waals surface area (Å²) in [6.45, 7) is 5.37. The Kier molecular flexibility index (Phi) is 4.93. The zero-order valence-corrected chi connectivity index (χ0v) is 12.3. The number of rotatable bonds is 5. The highest BCUT2D eigenvalue weighted by Gasteiger charge is 2.17. The van der Waals surface area contributed by atoms with Crippen molar-refractivity contribution in [3.63, 3.8) is 0 Å². The molecule has 1 aromatic carbocycles. The molecule has 2 heterocycles. The zero-order valence-electron chi connectivity index (χ0n) is 12.3. The maximum Gasteiger partial charge on any atom is 0.0480 e. The van der Waals surface area contributed by atoms with Crippen LogP contribution in [0.3, 0.4) is 0 Å². The summed E-state index contributed by atoms with van der Waals surface area (Å²) in [4.78, 5) is 2.53. The van der Waals surface area contributed by atoms with Crippen LogP contribution in [0.1, 0.15) is 31.2 Å². The molecule has 2 aliphatic heterocycles. The first kappa shape index (κ1) is 13.9. The first-order valence-corrected chi connectivity index (χ1v) is 8.07. The molecule has 20 heavy (non-hydrogen) atoms. The number of benzene rings is 1. The minimum Gasteiger partial charge on any atom is -0.381 e. The largest absolute Gasteiger partial charge is 0.381 e. The van der Waals surface area contributed by atoms with Crippen LogP contribution >= 0.6 is 0 Å². The normalized spacial score (nSPS) is 22.6. The third-order valence-electron chi connectivity index (χ3n) is 4.47. The molecular formula is C17H26N2O. The highest BCUT2D eigenvalue weighted by molar-refractivity contribution is 5.57. The minimum absolute atomic E-state index is 0.670. The SMILES string of the molecule is c1ccc2c(c1)CCN2CCCNC1CCCOCC1. The predicted octanol–water partition coefficient (Wildman–Crippen LogP) is 2.60. The Morgan fingerprint density at radius 1 is 1.20 bits per heavy atom. The summed E-state index contributed by atoms with van der Waals surface area (Å²) in [6.07, 6.45) is 6.09. The van der Waals surface area contributed by atoms with Crippen LogP contribution in [0.15, 0.2) is 24.3 Å². The molecule has 0 radical (unpaired) electrons. The van der Waals surface area contributed by atoms with Crippen molar-refractivity contribution in [2.75, 3.05) is 37.7 Å². The van der Waals surface area contributed by atoms with Crippen LogP contribution in [0, 0.1) is 0 Å². The Hall–Kier alpha value is -1.06. The van der Waals surface area contributed by atoms with Crippen molar-refractivity contribution in [3.8, 4) is 0 Å². The lowest BCUT2D eigenvalue weighted by Crippen LogP contribution is -2.32. The van der Waals surface area contributed by atoms with Gasteiger partial charge < -0.3 is 15.0 Å². The summed E-state index contributed by atoms with van der Waals surface area (Å²) in [5.41, 5.74) is 2.97. The Labute approximate surface area is 122 Å². The van der Waals surface area contributed by atoms with Crippen molar-refractivity contribution in [1.82, 2.24) is 5.32 Å². The van der Waals surface area contributed by atoms with Crippen molar-refractivity contribution in [1.29, 1.82) is 0 Å². The summed E-state index contributed by atoms with van der Waals surface area (Å²) in [5, 5.41) is 3.70. The van der Waals surface area contributed by atoms with Crippen molar-refractivity contribution in [3.05, 3.63) is 29.8 Å². The van der Waals surface area contributed by atoms with Gasteiger partial charge in [-0.25, -0.2) is 0 Å². The number of hydrogen-bond donors (Lipinski definition) is 1. The van der Waals surface area contributed by atoms with Crippen LogP contribution in [0.5, 0.6) is 0 Å². The Balaban J connectivity index is 1.38. The van der Waals surface area contributed by atoms with Crippen LogP contribution in [0.2, 0.25) is 0 Å². The second kappa shape index (κ2) is 7.09. The smallest absolute Gasteiger partial charge is 0.0480 e. The van der Waals surface area contributed by atoms with Gasteiger partial charge in [0.1, 0.15) is 0 Å². The van der Waals surface area contributed by atoms with Crippen LogP contribution in [0.4, 0.5) is 5.69 Å². The van der Waals surface area contributed by atoms with Crippen LogP contribution in [0.25, 0.3) is 0 Å². The molecular weight excluding hydrogens is 248 g/mol. The third kappa shape index (κ3) is 3.53. The molecule has 1 aromatic rings. The average molecular weight is 274 g/mol. The van der Waals surface area contributed by atoms with Crippen molar-refractivity contribution in [2.45, 2.75) is 38.1 Å². The maximum absolute atomic E-state index is 5.50. The van der Waals surface area contributed by atoms with Crippen molar-refractivity contribution >= 4 is 5.69 Å². The number of hydrogen-bond acceptors (Lipinski definition) is 3. The van der Waals surface area contributed by atoms with E-state index in [1.165, 1.54) is 56.4 Å². The summed E-state index contributed by atoms with van der Waals surface area (Å²) in [7, 11) is 0. The van der Waals surface area contributed by atoms with Gasteiger partial charge in [-0.1, -0.05) is 18.2 Å². The van der Waals surface area contributed by atoms with Crippen LogP contribution in [-0.4, -0.2) is 38.9 Å². The summed E-state index contributed by atoms with van der Waals surface area (Å²) >= 11 is 0. The summed E-state index contributed by atoms with van der Waals surface area (Å²) < 4.78 is 5.50. The monoisotopic (exact) mass is 274 g/mol. The lowest BCUT2D eigenvalue weighted by molar-refractivity contribution is 0.142. The first-order valence-electron chi connectivity index (χ1n) is 8.07. The van der Waals surface area contributed by atoms with Gasteiger partial charge in [0.05, 0.1) is 0 Å². The fourth-order valence-corrected chi connectivity index (χ4v) is 3.32. The van der Waals surface area contributed by atoms with E-state index in [1.54, 1.807) is 0 Å². The lowest BCUT2D eigenvalue weighted by atomic mass is 10.1. The quantitative estimate of drug-likeness (QED) is 0.835. The molecule has 0 saturated carbocycles. The third-order valence-corrected chi connectivity index (χ3v) is 4.47. The van der Waals surface area contributed by atoms with E-state index in [9.17, 15) is 0 Å². The topological polar surface area (TPSA) is 24.5 Å².